The van der Waals surface area contributed by atoms with Crippen LogP contribution < -0.4 is 11.5 Å². The Morgan fingerprint density at radius 1 is 1.00 bits per heavy atom. The molecule has 0 unspecified atom stereocenters. The van der Waals surface area contributed by atoms with Crippen LogP contribution in [0.3, 0.4) is 0 Å². The molecule has 0 aliphatic carbocycles. The Labute approximate surface area is 90.6 Å². The highest BCUT2D eigenvalue weighted by atomic mass is 79.9. The molecule has 0 saturated carbocycles. The Bertz CT molecular complexity index is 97.1. The monoisotopic (exact) mass is 290 g/mol. The molecule has 0 fully saturated rings. The van der Waals surface area contributed by atoms with Crippen LogP contribution in [0.1, 0.15) is 27.7 Å². The van der Waals surface area contributed by atoms with Gasteiger partial charge in [-0.25, -0.2) is 0 Å². The van der Waals surface area contributed by atoms with Crippen LogP contribution in [0.2, 0.25) is 0 Å². The quantitative estimate of drug-likeness (QED) is 0.816. The number of hydrogen-bond acceptors (Lipinski definition) is 2. The van der Waals surface area contributed by atoms with Gasteiger partial charge in [-0.1, -0.05) is 13.8 Å². The van der Waals surface area contributed by atoms with Crippen LogP contribution in [0.5, 0.6) is 0 Å². The molecule has 0 rings (SSSR count). The van der Waals surface area contributed by atoms with Crippen molar-refractivity contribution in [3.63, 3.8) is 0 Å². The summed E-state index contributed by atoms with van der Waals surface area (Å²) in [7, 11) is 0. The van der Waals surface area contributed by atoms with Crippen LogP contribution in [-0.2, 0) is 0 Å². The highest BCUT2D eigenvalue weighted by molar-refractivity contribution is 8.93. The van der Waals surface area contributed by atoms with E-state index in [9.17, 15) is 0 Å². The van der Waals surface area contributed by atoms with Crippen LogP contribution in [0, 0.1) is 5.41 Å². The van der Waals surface area contributed by atoms with Crippen molar-refractivity contribution < 1.29 is 0 Å². The Morgan fingerprint density at radius 3 is 1.27 bits per heavy atom. The first kappa shape index (κ1) is 17.8. The molecule has 0 aliphatic heterocycles. The molecule has 0 aromatic heterocycles. The molecule has 0 aromatic rings. The van der Waals surface area contributed by atoms with Gasteiger partial charge in [-0.05, 0) is 25.8 Å². The first-order valence-corrected chi connectivity index (χ1v) is 3.30. The lowest BCUT2D eigenvalue weighted by Gasteiger charge is -2.37. The van der Waals surface area contributed by atoms with E-state index in [1.165, 1.54) is 0 Å². The summed E-state index contributed by atoms with van der Waals surface area (Å²) in [6, 6.07) is 0. The van der Waals surface area contributed by atoms with E-state index in [4.69, 9.17) is 11.5 Å². The SMILES string of the molecule is Br.Br.CC(C)(N)C(C)(C)CN. The Balaban J connectivity index is -0.000000320. The highest BCUT2D eigenvalue weighted by Crippen LogP contribution is 2.25. The largest absolute Gasteiger partial charge is 0.330 e. The van der Waals surface area contributed by atoms with E-state index in [1.807, 2.05) is 13.8 Å². The van der Waals surface area contributed by atoms with E-state index in [-0.39, 0.29) is 44.9 Å². The summed E-state index contributed by atoms with van der Waals surface area (Å²) < 4.78 is 0. The predicted molar refractivity (Wildman–Crippen MR) is 61.7 cm³/mol. The minimum absolute atomic E-state index is 0. The molecule has 0 radical (unpaired) electrons. The van der Waals surface area contributed by atoms with Gasteiger partial charge in [0.1, 0.15) is 0 Å². The maximum absolute atomic E-state index is 5.84. The van der Waals surface area contributed by atoms with Gasteiger partial charge in [0.25, 0.3) is 0 Å². The maximum atomic E-state index is 5.84. The summed E-state index contributed by atoms with van der Waals surface area (Å²) in [5.74, 6) is 0. The van der Waals surface area contributed by atoms with E-state index in [0.717, 1.165) is 0 Å². The van der Waals surface area contributed by atoms with Gasteiger partial charge in [0.05, 0.1) is 0 Å². The minimum atomic E-state index is -0.179. The summed E-state index contributed by atoms with van der Waals surface area (Å²) in [6.45, 7) is 8.79. The highest BCUT2D eigenvalue weighted by Gasteiger charge is 2.31. The van der Waals surface area contributed by atoms with Gasteiger partial charge in [-0.15, -0.1) is 34.0 Å². The van der Waals surface area contributed by atoms with Crippen molar-refractivity contribution in [1.29, 1.82) is 0 Å². The number of halogens is 2. The van der Waals surface area contributed by atoms with E-state index in [0.29, 0.717) is 6.54 Å². The topological polar surface area (TPSA) is 52.0 Å². The van der Waals surface area contributed by atoms with Gasteiger partial charge in [0.15, 0.2) is 0 Å². The van der Waals surface area contributed by atoms with Crippen LogP contribution in [0.25, 0.3) is 0 Å². The van der Waals surface area contributed by atoms with E-state index < -0.39 is 0 Å². The molecule has 4 N–H and O–H groups in total. The Morgan fingerprint density at radius 2 is 1.27 bits per heavy atom. The molecule has 4 heteroatoms. The van der Waals surface area contributed by atoms with Gasteiger partial charge in [0, 0.05) is 5.54 Å². The van der Waals surface area contributed by atoms with Crippen molar-refractivity contribution in [1.82, 2.24) is 0 Å². The molecule has 0 spiro atoms. The van der Waals surface area contributed by atoms with Gasteiger partial charge < -0.3 is 11.5 Å². The molecule has 2 nitrogen and oxygen atoms in total. The third-order valence-corrected chi connectivity index (χ3v) is 2.25. The van der Waals surface area contributed by atoms with E-state index >= 15 is 0 Å². The first-order valence-electron chi connectivity index (χ1n) is 3.30. The van der Waals surface area contributed by atoms with Crippen molar-refractivity contribution in [3.05, 3.63) is 0 Å². The van der Waals surface area contributed by atoms with Crippen LogP contribution in [-0.4, -0.2) is 12.1 Å². The summed E-state index contributed by atoms with van der Waals surface area (Å²) in [6.07, 6.45) is 0. The average molecular weight is 292 g/mol. The summed E-state index contributed by atoms with van der Waals surface area (Å²) in [4.78, 5) is 0. The average Bonchev–Trinajstić information content (AvgIpc) is 1.64. The minimum Gasteiger partial charge on any atom is -0.330 e. The molecule has 0 bridgehead atoms. The fourth-order valence-corrected chi connectivity index (χ4v) is 0.263. The second-order valence-corrected chi connectivity index (χ2v) is 3.81. The molecular weight excluding hydrogens is 272 g/mol. The fraction of sp³-hybridized carbons (Fsp3) is 1.00. The molecule has 0 aliphatic rings. The number of rotatable bonds is 2. The normalized spacial score (nSPS) is 11.5. The first-order chi connectivity index (χ1) is 3.81. The van der Waals surface area contributed by atoms with Crippen LogP contribution >= 0.6 is 34.0 Å². The van der Waals surface area contributed by atoms with Crippen molar-refractivity contribution in [3.8, 4) is 0 Å². The molecule has 72 valence electrons. The van der Waals surface area contributed by atoms with E-state index in [1.54, 1.807) is 0 Å². The molecule has 0 saturated heterocycles. The van der Waals surface area contributed by atoms with Gasteiger partial charge >= 0.3 is 0 Å². The number of hydrogen-bond donors (Lipinski definition) is 2. The van der Waals surface area contributed by atoms with Crippen molar-refractivity contribution in [2.45, 2.75) is 33.2 Å². The zero-order valence-corrected chi connectivity index (χ0v) is 11.1. The van der Waals surface area contributed by atoms with Gasteiger partial charge in [0.2, 0.25) is 0 Å². The standard InChI is InChI=1S/C7H18N2.2BrH/c1-6(2,5-8)7(3,4)9;;/h5,8-9H2,1-4H3;2*1H. The zero-order chi connectivity index (χ0) is 7.71. The second-order valence-electron chi connectivity index (χ2n) is 3.81. The smallest absolute Gasteiger partial charge is 0.0160 e. The van der Waals surface area contributed by atoms with Gasteiger partial charge in [-0.2, -0.15) is 0 Å². The van der Waals surface area contributed by atoms with Gasteiger partial charge in [-0.3, -0.25) is 0 Å². The van der Waals surface area contributed by atoms with Crippen molar-refractivity contribution in [2.24, 2.45) is 16.9 Å². The third-order valence-electron chi connectivity index (χ3n) is 2.25. The molecule has 0 heterocycles. The van der Waals surface area contributed by atoms with Crippen LogP contribution in [0.4, 0.5) is 0 Å². The second kappa shape index (κ2) is 5.51. The summed E-state index contributed by atoms with van der Waals surface area (Å²) in [5.41, 5.74) is 11.2. The molecule has 11 heavy (non-hydrogen) atoms. The molecule has 0 aromatic carbocycles. The Kier molecular flexibility index (Phi) is 8.94. The van der Waals surface area contributed by atoms with Crippen molar-refractivity contribution in [2.75, 3.05) is 6.54 Å². The lowest BCUT2D eigenvalue weighted by Crippen LogP contribution is -2.51. The number of nitrogens with two attached hydrogens (primary N) is 2. The zero-order valence-electron chi connectivity index (χ0n) is 7.68. The summed E-state index contributed by atoms with van der Waals surface area (Å²) in [5, 5.41) is 0. The van der Waals surface area contributed by atoms with Crippen molar-refractivity contribution >= 4 is 34.0 Å². The lowest BCUT2D eigenvalue weighted by atomic mass is 9.75. The van der Waals surface area contributed by atoms with E-state index in [2.05, 4.69) is 13.8 Å². The molecule has 0 amide bonds. The Hall–Kier alpha value is 0.880. The lowest BCUT2D eigenvalue weighted by molar-refractivity contribution is 0.212. The molecular formula is C7H20Br2N2. The summed E-state index contributed by atoms with van der Waals surface area (Å²) >= 11 is 0. The molecule has 0 atom stereocenters. The van der Waals surface area contributed by atoms with Crippen LogP contribution in [0.15, 0.2) is 0 Å². The maximum Gasteiger partial charge on any atom is 0.0160 e. The fourth-order valence-electron chi connectivity index (χ4n) is 0.263. The predicted octanol–water partition coefficient (Wildman–Crippen LogP) is 1.86. The third kappa shape index (κ3) is 5.17.